The van der Waals surface area contributed by atoms with Crippen LogP contribution in [0, 0.1) is 6.92 Å². The Morgan fingerprint density at radius 2 is 2.18 bits per heavy atom. The van der Waals surface area contributed by atoms with E-state index in [1.54, 1.807) is 25.1 Å². The highest BCUT2D eigenvalue weighted by Crippen LogP contribution is 2.29. The maximum atomic E-state index is 12.1. The number of carbonyl (C=O) groups is 1. The van der Waals surface area contributed by atoms with Crippen LogP contribution in [-0.4, -0.2) is 50.0 Å². The van der Waals surface area contributed by atoms with E-state index in [1.807, 2.05) is 30.5 Å². The zero-order valence-corrected chi connectivity index (χ0v) is 15.9. The van der Waals surface area contributed by atoms with Crippen molar-refractivity contribution in [3.05, 3.63) is 52.6 Å². The summed E-state index contributed by atoms with van der Waals surface area (Å²) in [5.74, 6) is -0.219. The number of hydrogen-bond acceptors (Lipinski definition) is 5. The quantitative estimate of drug-likeness (QED) is 0.715. The lowest BCUT2D eigenvalue weighted by molar-refractivity contribution is -0.133. The molecule has 4 rings (SSSR count). The standard InChI is InChI=1S/C20H23N5O3/c1-13-17(10-21-23(2)20(13)28)22-15-3-4-18-14(9-15)5-8-25(18)16-6-7-24(11-16)19(27)12-26/h3-5,8-10,16,22,26H,6-7,11-12H2,1-2H3. The largest absolute Gasteiger partial charge is 0.387 e. The molecule has 1 aromatic carbocycles. The van der Waals surface area contributed by atoms with Crippen molar-refractivity contribution in [2.45, 2.75) is 19.4 Å². The van der Waals surface area contributed by atoms with Crippen LogP contribution in [0.5, 0.6) is 0 Å². The van der Waals surface area contributed by atoms with Crippen LogP contribution in [0.1, 0.15) is 18.0 Å². The van der Waals surface area contributed by atoms with Crippen molar-refractivity contribution < 1.29 is 9.90 Å². The van der Waals surface area contributed by atoms with Crippen LogP contribution in [0.15, 0.2) is 41.5 Å². The molecule has 0 aliphatic carbocycles. The molecule has 3 aromatic rings. The number of aliphatic hydroxyl groups is 1. The number of carbonyl (C=O) groups excluding carboxylic acids is 1. The van der Waals surface area contributed by atoms with E-state index < -0.39 is 6.61 Å². The molecule has 0 saturated carbocycles. The number of nitrogens with zero attached hydrogens (tertiary/aromatic N) is 4. The van der Waals surface area contributed by atoms with Gasteiger partial charge in [-0.3, -0.25) is 9.59 Å². The second-order valence-corrected chi connectivity index (χ2v) is 7.17. The van der Waals surface area contributed by atoms with Gasteiger partial charge in [-0.25, -0.2) is 4.68 Å². The van der Waals surface area contributed by atoms with E-state index >= 15 is 0 Å². The topological polar surface area (TPSA) is 92.4 Å². The first-order valence-corrected chi connectivity index (χ1v) is 9.27. The Morgan fingerprint density at radius 1 is 1.36 bits per heavy atom. The summed E-state index contributed by atoms with van der Waals surface area (Å²) in [4.78, 5) is 25.5. The second-order valence-electron chi connectivity index (χ2n) is 7.17. The monoisotopic (exact) mass is 381 g/mol. The molecule has 0 radical (unpaired) electrons. The molecule has 1 aliphatic rings. The minimum Gasteiger partial charge on any atom is -0.387 e. The first kappa shape index (κ1) is 18.2. The van der Waals surface area contributed by atoms with E-state index in [0.29, 0.717) is 24.3 Å². The van der Waals surface area contributed by atoms with Gasteiger partial charge in [0.15, 0.2) is 0 Å². The van der Waals surface area contributed by atoms with Crippen LogP contribution in [0.3, 0.4) is 0 Å². The minimum absolute atomic E-state index is 0.125. The lowest BCUT2D eigenvalue weighted by atomic mass is 10.2. The van der Waals surface area contributed by atoms with Gasteiger partial charge >= 0.3 is 0 Å². The molecule has 3 heterocycles. The summed E-state index contributed by atoms with van der Waals surface area (Å²) < 4.78 is 3.51. The Labute approximate surface area is 162 Å². The summed E-state index contributed by atoms with van der Waals surface area (Å²) in [5.41, 5.74) is 3.16. The Bertz CT molecular complexity index is 1100. The number of hydrogen-bond donors (Lipinski definition) is 2. The molecule has 2 aromatic heterocycles. The van der Waals surface area contributed by atoms with Gasteiger partial charge in [-0.05, 0) is 37.6 Å². The zero-order chi connectivity index (χ0) is 19.8. The number of rotatable bonds is 4. The molecule has 1 atom stereocenters. The fraction of sp³-hybridized carbons (Fsp3) is 0.350. The molecule has 1 fully saturated rings. The van der Waals surface area contributed by atoms with Crippen LogP contribution in [0.25, 0.3) is 10.9 Å². The maximum Gasteiger partial charge on any atom is 0.271 e. The van der Waals surface area contributed by atoms with Gasteiger partial charge in [-0.15, -0.1) is 0 Å². The Balaban J connectivity index is 1.58. The predicted molar refractivity (Wildman–Crippen MR) is 107 cm³/mol. The lowest BCUT2D eigenvalue weighted by Crippen LogP contribution is -2.31. The van der Waals surface area contributed by atoms with Gasteiger partial charge in [0.25, 0.3) is 5.56 Å². The number of nitrogens with one attached hydrogen (secondary N) is 1. The molecule has 0 bridgehead atoms. The van der Waals surface area contributed by atoms with Crippen LogP contribution in [0.2, 0.25) is 0 Å². The number of aromatic nitrogens is 3. The molecule has 146 valence electrons. The molecule has 1 amide bonds. The number of fused-ring (bicyclic) bond motifs is 1. The van der Waals surface area contributed by atoms with Crippen molar-refractivity contribution in [2.75, 3.05) is 25.0 Å². The summed E-state index contributed by atoms with van der Waals surface area (Å²) >= 11 is 0. The molecule has 1 unspecified atom stereocenters. The van der Waals surface area contributed by atoms with Gasteiger partial charge in [-0.1, -0.05) is 0 Å². The highest BCUT2D eigenvalue weighted by atomic mass is 16.3. The maximum absolute atomic E-state index is 12.1. The first-order valence-electron chi connectivity index (χ1n) is 9.27. The third-order valence-electron chi connectivity index (χ3n) is 5.42. The lowest BCUT2D eigenvalue weighted by Gasteiger charge is -2.17. The number of anilines is 2. The van der Waals surface area contributed by atoms with Crippen LogP contribution in [0.4, 0.5) is 11.4 Å². The molecular weight excluding hydrogens is 358 g/mol. The van der Waals surface area contributed by atoms with E-state index in [1.165, 1.54) is 4.68 Å². The highest BCUT2D eigenvalue weighted by molar-refractivity contribution is 5.85. The summed E-state index contributed by atoms with van der Waals surface area (Å²) in [7, 11) is 1.63. The van der Waals surface area contributed by atoms with Gasteiger partial charge < -0.3 is 19.9 Å². The molecular formula is C20H23N5O3. The number of benzene rings is 1. The van der Waals surface area contributed by atoms with Crippen molar-refractivity contribution in [1.82, 2.24) is 19.2 Å². The van der Waals surface area contributed by atoms with Crippen LogP contribution < -0.4 is 10.9 Å². The van der Waals surface area contributed by atoms with Gasteiger partial charge in [0.1, 0.15) is 6.61 Å². The van der Waals surface area contributed by atoms with Crippen molar-refractivity contribution >= 4 is 28.2 Å². The number of amides is 1. The third kappa shape index (κ3) is 3.16. The molecule has 28 heavy (non-hydrogen) atoms. The van der Waals surface area contributed by atoms with Crippen molar-refractivity contribution in [2.24, 2.45) is 7.05 Å². The van der Waals surface area contributed by atoms with Crippen molar-refractivity contribution in [3.63, 3.8) is 0 Å². The average molecular weight is 381 g/mol. The van der Waals surface area contributed by atoms with E-state index in [-0.39, 0.29) is 17.5 Å². The third-order valence-corrected chi connectivity index (χ3v) is 5.42. The second kappa shape index (κ2) is 7.12. The smallest absolute Gasteiger partial charge is 0.271 e. The van der Waals surface area contributed by atoms with Gasteiger partial charge in [0.05, 0.1) is 17.9 Å². The summed E-state index contributed by atoms with van der Waals surface area (Å²) in [5, 5.41) is 17.5. The summed E-state index contributed by atoms with van der Waals surface area (Å²) in [6, 6.07) is 8.30. The van der Waals surface area contributed by atoms with E-state index in [4.69, 9.17) is 5.11 Å². The highest BCUT2D eigenvalue weighted by Gasteiger charge is 2.27. The molecule has 8 nitrogen and oxygen atoms in total. The Hall–Kier alpha value is -3.13. The Kier molecular flexibility index (Phi) is 4.64. The number of likely N-dealkylation sites (tertiary alicyclic amines) is 1. The van der Waals surface area contributed by atoms with Crippen LogP contribution in [-0.2, 0) is 11.8 Å². The molecule has 2 N–H and O–H groups in total. The minimum atomic E-state index is -0.439. The molecule has 8 heteroatoms. The van der Waals surface area contributed by atoms with E-state index in [9.17, 15) is 9.59 Å². The molecule has 1 saturated heterocycles. The first-order chi connectivity index (χ1) is 13.5. The molecule has 0 spiro atoms. The fourth-order valence-corrected chi connectivity index (χ4v) is 3.79. The van der Waals surface area contributed by atoms with Crippen molar-refractivity contribution in [1.29, 1.82) is 0 Å². The van der Waals surface area contributed by atoms with Crippen molar-refractivity contribution in [3.8, 4) is 0 Å². The van der Waals surface area contributed by atoms with E-state index in [0.717, 1.165) is 23.0 Å². The van der Waals surface area contributed by atoms with Gasteiger partial charge in [-0.2, -0.15) is 5.10 Å². The van der Waals surface area contributed by atoms with E-state index in [2.05, 4.69) is 15.0 Å². The number of aryl methyl sites for hydroxylation is 1. The normalized spacial score (nSPS) is 16.7. The zero-order valence-electron chi connectivity index (χ0n) is 15.9. The van der Waals surface area contributed by atoms with Crippen LogP contribution >= 0.6 is 0 Å². The average Bonchev–Trinajstić information content (AvgIpc) is 3.34. The van der Waals surface area contributed by atoms with Gasteiger partial charge in [0.2, 0.25) is 5.91 Å². The predicted octanol–water partition coefficient (Wildman–Crippen LogP) is 1.55. The van der Waals surface area contributed by atoms with Gasteiger partial charge in [0, 0.05) is 48.5 Å². The summed E-state index contributed by atoms with van der Waals surface area (Å²) in [6.07, 6.45) is 4.56. The molecule has 1 aliphatic heterocycles. The summed E-state index contributed by atoms with van der Waals surface area (Å²) in [6.45, 7) is 2.62. The Morgan fingerprint density at radius 3 is 2.96 bits per heavy atom. The number of aliphatic hydroxyl groups excluding tert-OH is 1. The SMILES string of the molecule is Cc1c(Nc2ccc3c(ccn3C3CCN(C(=O)CO)C3)c2)cnn(C)c1=O. The fourth-order valence-electron chi connectivity index (χ4n) is 3.79.